The van der Waals surface area contributed by atoms with E-state index in [0.717, 1.165) is 104 Å². The summed E-state index contributed by atoms with van der Waals surface area (Å²) in [5, 5.41) is 22.0. The number of benzene rings is 9. The monoisotopic (exact) mass is 762 g/mol. The van der Waals surface area contributed by atoms with Crippen molar-refractivity contribution in [3.63, 3.8) is 0 Å². The van der Waals surface area contributed by atoms with Crippen LogP contribution in [0.5, 0.6) is 0 Å². The van der Waals surface area contributed by atoms with E-state index in [2.05, 4.69) is 115 Å². The van der Waals surface area contributed by atoms with Crippen LogP contribution in [0.3, 0.4) is 0 Å². The van der Waals surface area contributed by atoms with Gasteiger partial charge in [0, 0.05) is 66.6 Å². The summed E-state index contributed by atoms with van der Waals surface area (Å²) >= 11 is 0. The summed E-state index contributed by atoms with van der Waals surface area (Å²) in [5.41, 5.74) is 10.7. The average Bonchev–Trinajstić information content (AvgIpc) is 3.84. The highest BCUT2D eigenvalue weighted by Gasteiger charge is 2.33. The topological polar surface area (TPSA) is 89.6 Å². The van der Waals surface area contributed by atoms with E-state index in [1.807, 2.05) is 60.9 Å². The van der Waals surface area contributed by atoms with E-state index in [4.69, 9.17) is 16.5 Å². The molecule has 0 saturated carbocycles. The van der Waals surface area contributed by atoms with Gasteiger partial charge in [-0.3, -0.25) is 0 Å². The third-order valence-corrected chi connectivity index (χ3v) is 12.4. The SMILES string of the molecule is [C-]#[N+]c1c(-c2ccccc2)c(C#N)c(-n2c3cccc4c5cncnc5c5cccc2c5c43)c(-c2ccccc2)c1-n1c2cccc3c4cncnc4c4cccc1c4c32. The van der Waals surface area contributed by atoms with Gasteiger partial charge in [-0.05, 0) is 46.2 Å². The zero-order valence-corrected chi connectivity index (χ0v) is 31.6. The van der Waals surface area contributed by atoms with Crippen LogP contribution in [0.2, 0.25) is 0 Å². The van der Waals surface area contributed by atoms with Crippen molar-refractivity contribution >= 4 is 92.6 Å². The van der Waals surface area contributed by atoms with Crippen LogP contribution in [-0.4, -0.2) is 29.1 Å². The second kappa shape index (κ2) is 11.9. The number of hydrogen-bond donors (Lipinski definition) is 0. The van der Waals surface area contributed by atoms with Crippen molar-refractivity contribution in [3.8, 4) is 39.7 Å². The molecule has 0 fully saturated rings. The van der Waals surface area contributed by atoms with E-state index in [9.17, 15) is 5.26 Å². The van der Waals surface area contributed by atoms with Crippen LogP contribution in [0.1, 0.15) is 5.56 Å². The molecule has 0 radical (unpaired) electrons. The predicted molar refractivity (Wildman–Crippen MR) is 241 cm³/mol. The Balaban J connectivity index is 1.33. The molecular formula is C52H26N8. The third kappa shape index (κ3) is 4.01. The molecule has 0 aliphatic carbocycles. The fraction of sp³-hybridized carbons (Fsp3) is 0. The molecule has 0 unspecified atom stereocenters. The second-order valence-corrected chi connectivity index (χ2v) is 15.2. The molecule has 60 heavy (non-hydrogen) atoms. The normalized spacial score (nSPS) is 12.0. The van der Waals surface area contributed by atoms with Crippen LogP contribution in [0.25, 0.3) is 125 Å². The Morgan fingerprint density at radius 2 is 0.900 bits per heavy atom. The number of nitrogens with zero attached hydrogens (tertiary/aromatic N) is 8. The molecule has 9 aromatic carbocycles. The van der Waals surface area contributed by atoms with Gasteiger partial charge in [-0.1, -0.05) is 109 Å². The van der Waals surface area contributed by atoms with Crippen molar-refractivity contribution in [3.05, 3.63) is 175 Å². The minimum atomic E-state index is 0.389. The van der Waals surface area contributed by atoms with E-state index in [1.54, 1.807) is 12.7 Å². The van der Waals surface area contributed by atoms with Crippen molar-refractivity contribution < 1.29 is 0 Å². The van der Waals surface area contributed by atoms with Crippen molar-refractivity contribution in [2.24, 2.45) is 0 Å². The van der Waals surface area contributed by atoms with E-state index in [1.165, 1.54) is 0 Å². The first kappa shape index (κ1) is 32.4. The minimum Gasteiger partial charge on any atom is -0.318 e. The Hall–Kier alpha value is -8.72. The van der Waals surface area contributed by atoms with Gasteiger partial charge in [0.15, 0.2) is 0 Å². The zero-order chi connectivity index (χ0) is 39.6. The number of rotatable bonds is 4. The number of aromatic nitrogens is 6. The first-order valence-corrected chi connectivity index (χ1v) is 19.6. The lowest BCUT2D eigenvalue weighted by Crippen LogP contribution is -2.08. The van der Waals surface area contributed by atoms with Gasteiger partial charge >= 0.3 is 0 Å². The van der Waals surface area contributed by atoms with Crippen molar-refractivity contribution in [2.45, 2.75) is 0 Å². The summed E-state index contributed by atoms with van der Waals surface area (Å²) in [4.78, 5) is 23.0. The summed E-state index contributed by atoms with van der Waals surface area (Å²) in [6, 6.07) is 48.1. The number of hydrogen-bond acceptors (Lipinski definition) is 5. The molecular weight excluding hydrogens is 737 g/mol. The largest absolute Gasteiger partial charge is 0.318 e. The van der Waals surface area contributed by atoms with Gasteiger partial charge in [-0.25, -0.2) is 24.8 Å². The molecule has 8 nitrogen and oxygen atoms in total. The molecule has 0 N–H and O–H groups in total. The lowest BCUT2D eigenvalue weighted by molar-refractivity contribution is 1.13. The molecule has 0 aliphatic rings. The molecule has 0 amide bonds. The van der Waals surface area contributed by atoms with E-state index in [-0.39, 0.29) is 0 Å². The maximum absolute atomic E-state index is 11.7. The first-order valence-electron chi connectivity index (χ1n) is 19.6. The van der Waals surface area contributed by atoms with E-state index < -0.39 is 0 Å². The maximum atomic E-state index is 11.7. The average molecular weight is 763 g/mol. The molecule has 8 heteroatoms. The molecule has 13 rings (SSSR count). The Morgan fingerprint density at radius 1 is 0.467 bits per heavy atom. The summed E-state index contributed by atoms with van der Waals surface area (Å²) in [6.07, 6.45) is 7.00. The van der Waals surface area contributed by atoms with Gasteiger partial charge < -0.3 is 9.13 Å². The number of fused-ring (bicyclic) bond motifs is 6. The van der Waals surface area contributed by atoms with Crippen LogP contribution in [-0.2, 0) is 0 Å². The molecule has 4 heterocycles. The molecule has 0 aliphatic heterocycles. The highest BCUT2D eigenvalue weighted by Crippen LogP contribution is 2.54. The first-order chi connectivity index (χ1) is 29.8. The number of nitriles is 1. The van der Waals surface area contributed by atoms with Gasteiger partial charge in [0.25, 0.3) is 0 Å². The van der Waals surface area contributed by atoms with Crippen LogP contribution in [0, 0.1) is 17.9 Å². The van der Waals surface area contributed by atoms with E-state index in [0.29, 0.717) is 28.2 Å². The fourth-order valence-electron chi connectivity index (χ4n) is 10.2. The van der Waals surface area contributed by atoms with E-state index >= 15 is 0 Å². The summed E-state index contributed by atoms with van der Waals surface area (Å²) in [7, 11) is 0. The van der Waals surface area contributed by atoms with Crippen molar-refractivity contribution in [1.29, 1.82) is 5.26 Å². The fourth-order valence-corrected chi connectivity index (χ4v) is 10.2. The molecule has 0 spiro atoms. The van der Waals surface area contributed by atoms with Crippen LogP contribution >= 0.6 is 0 Å². The van der Waals surface area contributed by atoms with Crippen LogP contribution in [0.15, 0.2) is 159 Å². The lowest BCUT2D eigenvalue weighted by Gasteiger charge is -2.25. The van der Waals surface area contributed by atoms with Gasteiger partial charge in [0.1, 0.15) is 18.7 Å². The molecule has 0 saturated heterocycles. The van der Waals surface area contributed by atoms with Gasteiger partial charge in [-0.2, -0.15) is 5.26 Å². The highest BCUT2D eigenvalue weighted by molar-refractivity contribution is 6.35. The summed E-state index contributed by atoms with van der Waals surface area (Å²) < 4.78 is 4.52. The second-order valence-electron chi connectivity index (χ2n) is 15.2. The Bertz CT molecular complexity index is 3620. The summed E-state index contributed by atoms with van der Waals surface area (Å²) in [5.74, 6) is 0. The lowest BCUT2D eigenvalue weighted by atomic mass is 9.88. The third-order valence-electron chi connectivity index (χ3n) is 12.4. The Kier molecular flexibility index (Phi) is 6.42. The van der Waals surface area contributed by atoms with Crippen LogP contribution in [0.4, 0.5) is 5.69 Å². The smallest absolute Gasteiger partial charge is 0.220 e. The Labute approximate surface area is 341 Å². The van der Waals surface area contributed by atoms with Gasteiger partial charge in [0.05, 0.1) is 56.6 Å². The minimum absolute atomic E-state index is 0.389. The van der Waals surface area contributed by atoms with Gasteiger partial charge in [0.2, 0.25) is 5.69 Å². The molecule has 13 aromatic rings. The zero-order valence-electron chi connectivity index (χ0n) is 31.6. The van der Waals surface area contributed by atoms with Crippen molar-refractivity contribution in [1.82, 2.24) is 29.1 Å². The maximum Gasteiger partial charge on any atom is 0.220 e. The molecule has 274 valence electrons. The highest BCUT2D eigenvalue weighted by atomic mass is 15.0. The van der Waals surface area contributed by atoms with Gasteiger partial charge in [-0.15, -0.1) is 0 Å². The Morgan fingerprint density at radius 3 is 1.37 bits per heavy atom. The predicted octanol–water partition coefficient (Wildman–Crippen LogP) is 12.7. The van der Waals surface area contributed by atoms with Crippen LogP contribution < -0.4 is 0 Å². The molecule has 0 bridgehead atoms. The standard InChI is InChI=1S/C52H26N8/c1-54-50-42(29-12-4-2-5-13-29)35(24-53)51(59-38-20-8-16-31-36-25-55-27-57-48(36)33-18-10-22-40(59)46(33)44(31)38)43(30-14-6-3-7-15-30)52(50)60-39-21-9-17-32-37-26-56-28-58-49(37)34-19-11-23-41(60)47(34)45(32)39/h2-23,25-28H. The summed E-state index contributed by atoms with van der Waals surface area (Å²) in [6.45, 7) is 9.14. The molecule has 0 atom stereocenters. The molecule has 4 aromatic heterocycles. The quantitative estimate of drug-likeness (QED) is 0.132. The van der Waals surface area contributed by atoms with Crippen molar-refractivity contribution in [2.75, 3.05) is 0 Å².